The number of carbonyl (C=O) groups excluding carboxylic acids is 1. The summed E-state index contributed by atoms with van der Waals surface area (Å²) in [5.74, 6) is 1.64. The summed E-state index contributed by atoms with van der Waals surface area (Å²) < 4.78 is 0. The fourth-order valence-corrected chi connectivity index (χ4v) is 4.69. The van der Waals surface area contributed by atoms with E-state index in [4.69, 9.17) is 0 Å². The minimum atomic E-state index is 0.308. The number of hydrogen-bond acceptors (Lipinski definition) is 3. The molecule has 0 unspecified atom stereocenters. The van der Waals surface area contributed by atoms with Crippen LogP contribution in [0.2, 0.25) is 0 Å². The SMILES string of the molecule is O=C(CCC1CCN(c2ccccc2)CC1)c1ccc(C2CCNCC2)cc1. The number of piperidine rings is 2. The van der Waals surface area contributed by atoms with E-state index in [1.165, 1.54) is 36.9 Å². The van der Waals surface area contributed by atoms with E-state index in [1.54, 1.807) is 0 Å². The van der Waals surface area contributed by atoms with Crippen LogP contribution in [0.4, 0.5) is 5.69 Å². The Labute approximate surface area is 169 Å². The normalized spacial score (nSPS) is 18.9. The summed E-state index contributed by atoms with van der Waals surface area (Å²) in [6, 6.07) is 19.1. The van der Waals surface area contributed by atoms with Crippen molar-refractivity contribution >= 4 is 11.5 Å². The first-order chi connectivity index (χ1) is 13.8. The summed E-state index contributed by atoms with van der Waals surface area (Å²) in [7, 11) is 0. The monoisotopic (exact) mass is 376 g/mol. The number of anilines is 1. The van der Waals surface area contributed by atoms with Crippen molar-refractivity contribution in [3.05, 3.63) is 65.7 Å². The number of nitrogens with zero attached hydrogens (tertiary/aromatic N) is 1. The van der Waals surface area contributed by atoms with Gasteiger partial charge in [-0.1, -0.05) is 42.5 Å². The van der Waals surface area contributed by atoms with Crippen LogP contribution in [0.1, 0.15) is 60.4 Å². The number of carbonyl (C=O) groups is 1. The number of benzene rings is 2. The summed E-state index contributed by atoms with van der Waals surface area (Å²) in [5.41, 5.74) is 3.61. The zero-order valence-electron chi connectivity index (χ0n) is 16.8. The van der Waals surface area contributed by atoms with Crippen LogP contribution < -0.4 is 10.2 Å². The van der Waals surface area contributed by atoms with Crippen LogP contribution in [0, 0.1) is 5.92 Å². The maximum atomic E-state index is 12.6. The molecular formula is C25H32N2O. The Hall–Kier alpha value is -2.13. The Bertz CT molecular complexity index is 742. The summed E-state index contributed by atoms with van der Waals surface area (Å²) in [4.78, 5) is 15.1. The molecule has 2 aromatic carbocycles. The number of para-hydroxylation sites is 1. The molecule has 4 rings (SSSR count). The molecule has 0 aromatic heterocycles. The van der Waals surface area contributed by atoms with E-state index in [2.05, 4.69) is 64.8 Å². The van der Waals surface area contributed by atoms with Gasteiger partial charge in [0.05, 0.1) is 0 Å². The second-order valence-corrected chi connectivity index (χ2v) is 8.37. The number of nitrogens with one attached hydrogen (secondary N) is 1. The maximum Gasteiger partial charge on any atom is 0.162 e. The standard InChI is InChI=1S/C25H32N2O/c28-25(23-9-7-21(8-10-23)22-12-16-26-17-13-22)11-6-20-14-18-27(19-15-20)24-4-2-1-3-5-24/h1-5,7-10,20,22,26H,6,11-19H2. The van der Waals surface area contributed by atoms with E-state index in [-0.39, 0.29) is 0 Å². The quantitative estimate of drug-likeness (QED) is 0.718. The Morgan fingerprint density at radius 3 is 2.25 bits per heavy atom. The van der Waals surface area contributed by atoms with Gasteiger partial charge >= 0.3 is 0 Å². The molecule has 0 amide bonds. The van der Waals surface area contributed by atoms with Crippen molar-refractivity contribution in [2.75, 3.05) is 31.1 Å². The first-order valence-corrected chi connectivity index (χ1v) is 10.9. The van der Waals surface area contributed by atoms with E-state index >= 15 is 0 Å². The van der Waals surface area contributed by atoms with Crippen LogP contribution in [0.25, 0.3) is 0 Å². The Kier molecular flexibility index (Phi) is 6.43. The lowest BCUT2D eigenvalue weighted by Crippen LogP contribution is -2.33. The van der Waals surface area contributed by atoms with Crippen LogP contribution in [0.15, 0.2) is 54.6 Å². The van der Waals surface area contributed by atoms with E-state index in [9.17, 15) is 4.79 Å². The predicted molar refractivity (Wildman–Crippen MR) is 116 cm³/mol. The van der Waals surface area contributed by atoms with Gasteiger partial charge in [0.1, 0.15) is 0 Å². The summed E-state index contributed by atoms with van der Waals surface area (Å²) in [5, 5.41) is 3.42. The second-order valence-electron chi connectivity index (χ2n) is 8.37. The van der Waals surface area contributed by atoms with Crippen LogP contribution in [-0.4, -0.2) is 32.0 Å². The molecule has 0 radical (unpaired) electrons. The third-order valence-corrected chi connectivity index (χ3v) is 6.56. The molecule has 2 saturated heterocycles. The van der Waals surface area contributed by atoms with E-state index in [0.717, 1.165) is 38.2 Å². The van der Waals surface area contributed by atoms with Crippen molar-refractivity contribution in [2.45, 2.75) is 44.4 Å². The highest BCUT2D eigenvalue weighted by molar-refractivity contribution is 5.96. The first-order valence-electron chi connectivity index (χ1n) is 10.9. The summed E-state index contributed by atoms with van der Waals surface area (Å²) in [6.45, 7) is 4.42. The molecule has 2 aromatic rings. The van der Waals surface area contributed by atoms with Crippen molar-refractivity contribution in [2.24, 2.45) is 5.92 Å². The van der Waals surface area contributed by atoms with E-state index in [0.29, 0.717) is 24.0 Å². The molecule has 3 nitrogen and oxygen atoms in total. The van der Waals surface area contributed by atoms with Crippen molar-refractivity contribution in [3.63, 3.8) is 0 Å². The van der Waals surface area contributed by atoms with Crippen molar-refractivity contribution in [1.82, 2.24) is 5.32 Å². The summed E-state index contributed by atoms with van der Waals surface area (Å²) in [6.07, 6.45) is 6.50. The van der Waals surface area contributed by atoms with Crippen molar-refractivity contribution < 1.29 is 4.79 Å². The topological polar surface area (TPSA) is 32.3 Å². The minimum Gasteiger partial charge on any atom is -0.372 e. The molecule has 2 aliphatic heterocycles. The molecular weight excluding hydrogens is 344 g/mol. The number of hydrogen-bond donors (Lipinski definition) is 1. The van der Waals surface area contributed by atoms with Gasteiger partial charge in [0.2, 0.25) is 0 Å². The lowest BCUT2D eigenvalue weighted by atomic mass is 9.88. The average Bonchev–Trinajstić information content (AvgIpc) is 2.79. The van der Waals surface area contributed by atoms with Gasteiger partial charge < -0.3 is 10.2 Å². The Morgan fingerprint density at radius 1 is 0.893 bits per heavy atom. The molecule has 0 aliphatic carbocycles. The lowest BCUT2D eigenvalue weighted by Gasteiger charge is -2.33. The van der Waals surface area contributed by atoms with Crippen molar-refractivity contribution in [3.8, 4) is 0 Å². The lowest BCUT2D eigenvalue weighted by molar-refractivity contribution is 0.0971. The number of Topliss-reactive ketones (excluding diaryl/α,β-unsaturated/α-hetero) is 1. The highest BCUT2D eigenvalue weighted by Crippen LogP contribution is 2.28. The van der Waals surface area contributed by atoms with Crippen molar-refractivity contribution in [1.29, 1.82) is 0 Å². The zero-order valence-corrected chi connectivity index (χ0v) is 16.8. The van der Waals surface area contributed by atoms with Gasteiger partial charge in [-0.25, -0.2) is 0 Å². The number of rotatable bonds is 6. The highest BCUT2D eigenvalue weighted by Gasteiger charge is 2.21. The minimum absolute atomic E-state index is 0.308. The van der Waals surface area contributed by atoms with Gasteiger partial charge in [0.25, 0.3) is 0 Å². The smallest absolute Gasteiger partial charge is 0.162 e. The Morgan fingerprint density at radius 2 is 1.57 bits per heavy atom. The highest BCUT2D eigenvalue weighted by atomic mass is 16.1. The van der Waals surface area contributed by atoms with Crippen LogP contribution in [0.5, 0.6) is 0 Å². The molecule has 3 heteroatoms. The molecule has 2 aliphatic rings. The van der Waals surface area contributed by atoms with Gasteiger partial charge in [-0.3, -0.25) is 4.79 Å². The zero-order chi connectivity index (χ0) is 19.2. The molecule has 0 saturated carbocycles. The second kappa shape index (κ2) is 9.38. The summed E-state index contributed by atoms with van der Waals surface area (Å²) >= 11 is 0. The van der Waals surface area contributed by atoms with Crippen LogP contribution in [0.3, 0.4) is 0 Å². The van der Waals surface area contributed by atoms with Crippen LogP contribution in [-0.2, 0) is 0 Å². The molecule has 0 atom stereocenters. The average molecular weight is 377 g/mol. The molecule has 1 N–H and O–H groups in total. The molecule has 148 valence electrons. The van der Waals surface area contributed by atoms with Crippen LogP contribution >= 0.6 is 0 Å². The van der Waals surface area contributed by atoms with Gasteiger partial charge in [-0.05, 0) is 74.7 Å². The third kappa shape index (κ3) is 4.82. The first kappa shape index (κ1) is 19.2. The molecule has 0 bridgehead atoms. The van der Waals surface area contributed by atoms with Gasteiger partial charge in [-0.2, -0.15) is 0 Å². The maximum absolute atomic E-state index is 12.6. The van der Waals surface area contributed by atoms with E-state index < -0.39 is 0 Å². The number of ketones is 1. The fourth-order valence-electron chi connectivity index (χ4n) is 4.69. The van der Waals surface area contributed by atoms with Gasteiger partial charge in [0, 0.05) is 30.8 Å². The largest absolute Gasteiger partial charge is 0.372 e. The Balaban J connectivity index is 1.23. The molecule has 28 heavy (non-hydrogen) atoms. The third-order valence-electron chi connectivity index (χ3n) is 6.56. The molecule has 0 spiro atoms. The van der Waals surface area contributed by atoms with Gasteiger partial charge in [0.15, 0.2) is 5.78 Å². The van der Waals surface area contributed by atoms with Gasteiger partial charge in [-0.15, -0.1) is 0 Å². The molecule has 2 heterocycles. The fraction of sp³-hybridized carbons (Fsp3) is 0.480. The predicted octanol–water partition coefficient (Wildman–Crippen LogP) is 5.03. The molecule has 2 fully saturated rings. The van der Waals surface area contributed by atoms with E-state index in [1.807, 2.05) is 0 Å².